The quantitative estimate of drug-likeness (QED) is 0.832. The highest BCUT2D eigenvalue weighted by Gasteiger charge is 2.16. The van der Waals surface area contributed by atoms with Crippen LogP contribution in [0.3, 0.4) is 0 Å². The molecule has 0 radical (unpaired) electrons. The second-order valence-corrected chi connectivity index (χ2v) is 4.34. The molecule has 0 amide bonds. The third-order valence-corrected chi connectivity index (χ3v) is 2.97. The van der Waals surface area contributed by atoms with Gasteiger partial charge >= 0.3 is 0 Å². The maximum Gasteiger partial charge on any atom is 0.134 e. The summed E-state index contributed by atoms with van der Waals surface area (Å²) >= 11 is 0. The highest BCUT2D eigenvalue weighted by molar-refractivity contribution is 5.47. The molecule has 1 rings (SSSR count). The Morgan fingerprint density at radius 1 is 1.44 bits per heavy atom. The Kier molecular flexibility index (Phi) is 4.74. The summed E-state index contributed by atoms with van der Waals surface area (Å²) in [7, 11) is 2.04. The Labute approximate surface area is 98.1 Å². The fourth-order valence-electron chi connectivity index (χ4n) is 1.85. The molecule has 90 valence electrons. The number of aliphatic hydroxyl groups excluding tert-OH is 1. The summed E-state index contributed by atoms with van der Waals surface area (Å²) in [6, 6.07) is 4.24. The lowest BCUT2D eigenvalue weighted by molar-refractivity contribution is 0.199. The number of rotatable bonds is 5. The number of aromatic nitrogens is 1. The number of anilines is 1. The van der Waals surface area contributed by atoms with Gasteiger partial charge in [0.05, 0.1) is 6.10 Å². The van der Waals surface area contributed by atoms with Gasteiger partial charge in [0.15, 0.2) is 0 Å². The lowest BCUT2D eigenvalue weighted by Crippen LogP contribution is -2.30. The first-order chi connectivity index (χ1) is 7.57. The first-order valence-electron chi connectivity index (χ1n) is 5.93. The number of nitrogens with zero attached hydrogens (tertiary/aromatic N) is 2. The van der Waals surface area contributed by atoms with Crippen molar-refractivity contribution in [3.8, 4) is 0 Å². The summed E-state index contributed by atoms with van der Waals surface area (Å²) in [4.78, 5) is 6.51. The van der Waals surface area contributed by atoms with Crippen LogP contribution in [0.4, 0.5) is 5.82 Å². The standard InChI is InChI=1S/C13H22N2O/c1-5-7-10(2)15(4)13-12(11(3)16)8-6-9-14-13/h6,8-11,16H,5,7H2,1-4H3/t10?,11-/m0/s1. The number of hydrogen-bond donors (Lipinski definition) is 1. The Balaban J connectivity index is 2.93. The highest BCUT2D eigenvalue weighted by Crippen LogP contribution is 2.24. The maximum absolute atomic E-state index is 9.70. The predicted octanol–water partition coefficient (Wildman–Crippen LogP) is 2.76. The van der Waals surface area contributed by atoms with Gasteiger partial charge < -0.3 is 10.0 Å². The third-order valence-electron chi connectivity index (χ3n) is 2.97. The summed E-state index contributed by atoms with van der Waals surface area (Å²) in [5, 5.41) is 9.70. The van der Waals surface area contributed by atoms with Crippen molar-refractivity contribution in [1.29, 1.82) is 0 Å². The molecule has 0 saturated heterocycles. The third kappa shape index (κ3) is 2.95. The molecule has 3 nitrogen and oxygen atoms in total. The Hall–Kier alpha value is -1.09. The van der Waals surface area contributed by atoms with E-state index in [0.29, 0.717) is 6.04 Å². The van der Waals surface area contributed by atoms with Crippen LogP contribution in [0.15, 0.2) is 18.3 Å². The van der Waals surface area contributed by atoms with Crippen molar-refractivity contribution in [3.63, 3.8) is 0 Å². The summed E-state index contributed by atoms with van der Waals surface area (Å²) in [6.45, 7) is 6.14. The minimum absolute atomic E-state index is 0.442. The van der Waals surface area contributed by atoms with E-state index >= 15 is 0 Å². The van der Waals surface area contributed by atoms with Gasteiger partial charge in [-0.05, 0) is 26.3 Å². The Morgan fingerprint density at radius 3 is 2.69 bits per heavy atom. The summed E-state index contributed by atoms with van der Waals surface area (Å²) < 4.78 is 0. The Morgan fingerprint density at radius 2 is 2.12 bits per heavy atom. The smallest absolute Gasteiger partial charge is 0.134 e. The zero-order valence-electron chi connectivity index (χ0n) is 10.6. The average Bonchev–Trinajstić information content (AvgIpc) is 2.28. The van der Waals surface area contributed by atoms with E-state index in [1.165, 1.54) is 0 Å². The van der Waals surface area contributed by atoms with E-state index in [0.717, 1.165) is 24.2 Å². The molecular formula is C13H22N2O. The predicted molar refractivity (Wildman–Crippen MR) is 67.6 cm³/mol. The van der Waals surface area contributed by atoms with Gasteiger partial charge in [-0.1, -0.05) is 19.4 Å². The van der Waals surface area contributed by atoms with Crippen molar-refractivity contribution in [2.45, 2.75) is 45.8 Å². The topological polar surface area (TPSA) is 36.4 Å². The van der Waals surface area contributed by atoms with E-state index in [-0.39, 0.29) is 0 Å². The van der Waals surface area contributed by atoms with Crippen LogP contribution in [-0.2, 0) is 0 Å². The van der Waals surface area contributed by atoms with Crippen LogP contribution in [0.1, 0.15) is 45.3 Å². The zero-order valence-corrected chi connectivity index (χ0v) is 10.6. The van der Waals surface area contributed by atoms with Crippen molar-refractivity contribution in [2.24, 2.45) is 0 Å². The van der Waals surface area contributed by atoms with Crippen LogP contribution in [0, 0.1) is 0 Å². The van der Waals surface area contributed by atoms with Crippen molar-refractivity contribution in [2.75, 3.05) is 11.9 Å². The molecule has 1 aromatic rings. The van der Waals surface area contributed by atoms with Gasteiger partial charge in [-0.15, -0.1) is 0 Å². The normalized spacial score (nSPS) is 14.6. The SMILES string of the molecule is CCCC(C)N(C)c1ncccc1[C@H](C)O. The second-order valence-electron chi connectivity index (χ2n) is 4.34. The molecule has 0 fully saturated rings. The second kappa shape index (κ2) is 5.85. The first kappa shape index (κ1) is 13.0. The van der Waals surface area contributed by atoms with Gasteiger partial charge in [-0.2, -0.15) is 0 Å². The summed E-state index contributed by atoms with van der Waals surface area (Å²) in [5.41, 5.74) is 0.896. The molecule has 16 heavy (non-hydrogen) atoms. The summed E-state index contributed by atoms with van der Waals surface area (Å²) in [6.07, 6.45) is 3.59. The molecule has 1 unspecified atom stereocenters. The van der Waals surface area contributed by atoms with Gasteiger partial charge in [0, 0.05) is 24.8 Å². The van der Waals surface area contributed by atoms with E-state index in [4.69, 9.17) is 0 Å². The van der Waals surface area contributed by atoms with Crippen molar-refractivity contribution < 1.29 is 5.11 Å². The monoisotopic (exact) mass is 222 g/mol. The van der Waals surface area contributed by atoms with Gasteiger partial charge in [-0.25, -0.2) is 4.98 Å². The number of pyridine rings is 1. The molecular weight excluding hydrogens is 200 g/mol. The molecule has 1 heterocycles. The summed E-state index contributed by atoms with van der Waals surface area (Å²) in [5.74, 6) is 0.887. The van der Waals surface area contributed by atoms with Crippen LogP contribution in [0.5, 0.6) is 0 Å². The van der Waals surface area contributed by atoms with E-state index in [1.54, 1.807) is 13.1 Å². The maximum atomic E-state index is 9.70. The van der Waals surface area contributed by atoms with Crippen LogP contribution in [0.2, 0.25) is 0 Å². The molecule has 1 aromatic heterocycles. The Bertz CT molecular complexity index is 325. The molecule has 0 aromatic carbocycles. The number of hydrogen-bond acceptors (Lipinski definition) is 3. The van der Waals surface area contributed by atoms with Crippen LogP contribution in [0.25, 0.3) is 0 Å². The van der Waals surface area contributed by atoms with Gasteiger partial charge in [0.1, 0.15) is 5.82 Å². The highest BCUT2D eigenvalue weighted by atomic mass is 16.3. The van der Waals surface area contributed by atoms with E-state index in [1.807, 2.05) is 19.2 Å². The van der Waals surface area contributed by atoms with Crippen LogP contribution < -0.4 is 4.90 Å². The lowest BCUT2D eigenvalue weighted by Gasteiger charge is -2.28. The number of aliphatic hydroxyl groups is 1. The molecule has 1 N–H and O–H groups in total. The fourth-order valence-corrected chi connectivity index (χ4v) is 1.85. The van der Waals surface area contributed by atoms with Crippen molar-refractivity contribution in [1.82, 2.24) is 4.98 Å². The molecule has 0 bridgehead atoms. The molecule has 2 atom stereocenters. The van der Waals surface area contributed by atoms with E-state index in [2.05, 4.69) is 23.7 Å². The van der Waals surface area contributed by atoms with E-state index in [9.17, 15) is 5.11 Å². The fraction of sp³-hybridized carbons (Fsp3) is 0.615. The zero-order chi connectivity index (χ0) is 12.1. The minimum Gasteiger partial charge on any atom is -0.389 e. The molecule has 0 aliphatic carbocycles. The molecule has 0 aliphatic rings. The molecule has 0 spiro atoms. The molecule has 0 aliphatic heterocycles. The average molecular weight is 222 g/mol. The van der Waals surface area contributed by atoms with Gasteiger partial charge in [0.2, 0.25) is 0 Å². The molecule has 3 heteroatoms. The van der Waals surface area contributed by atoms with Crippen LogP contribution >= 0.6 is 0 Å². The van der Waals surface area contributed by atoms with Crippen molar-refractivity contribution in [3.05, 3.63) is 23.9 Å². The largest absolute Gasteiger partial charge is 0.389 e. The first-order valence-corrected chi connectivity index (χ1v) is 5.93. The van der Waals surface area contributed by atoms with Gasteiger partial charge in [0.25, 0.3) is 0 Å². The molecule has 0 saturated carbocycles. The lowest BCUT2D eigenvalue weighted by atomic mass is 10.1. The minimum atomic E-state index is -0.472. The van der Waals surface area contributed by atoms with Crippen LogP contribution in [-0.4, -0.2) is 23.2 Å². The van der Waals surface area contributed by atoms with Gasteiger partial charge in [-0.3, -0.25) is 0 Å². The van der Waals surface area contributed by atoms with E-state index < -0.39 is 6.10 Å². The van der Waals surface area contributed by atoms with Crippen molar-refractivity contribution >= 4 is 5.82 Å².